The van der Waals surface area contributed by atoms with Crippen molar-refractivity contribution in [2.75, 3.05) is 38.7 Å². The predicted molar refractivity (Wildman–Crippen MR) is 117 cm³/mol. The second-order valence-electron chi connectivity index (χ2n) is 8.15. The molecule has 2 saturated heterocycles. The summed E-state index contributed by atoms with van der Waals surface area (Å²) in [6.45, 7) is 4.98. The number of urea groups is 1. The Hall–Kier alpha value is -2.85. The lowest BCUT2D eigenvalue weighted by Gasteiger charge is -2.33. The topological polar surface area (TPSA) is 102 Å². The van der Waals surface area contributed by atoms with Gasteiger partial charge in [0.2, 0.25) is 5.88 Å². The van der Waals surface area contributed by atoms with Gasteiger partial charge < -0.3 is 14.4 Å². The lowest BCUT2D eigenvalue weighted by Crippen LogP contribution is -2.37. The summed E-state index contributed by atoms with van der Waals surface area (Å²) in [4.78, 5) is 23.8. The van der Waals surface area contributed by atoms with Crippen molar-refractivity contribution in [3.05, 3.63) is 24.0 Å². The van der Waals surface area contributed by atoms with Gasteiger partial charge in [-0.05, 0) is 43.7 Å². The van der Waals surface area contributed by atoms with Gasteiger partial charge in [-0.1, -0.05) is 11.3 Å². The Morgan fingerprint density at radius 2 is 2.10 bits per heavy atom. The summed E-state index contributed by atoms with van der Waals surface area (Å²) in [7, 11) is 1.56. The molecule has 1 spiro atoms. The highest BCUT2D eigenvalue weighted by Gasteiger charge is 2.41. The summed E-state index contributed by atoms with van der Waals surface area (Å²) in [5, 5.41) is 11.9. The maximum atomic E-state index is 12.9. The van der Waals surface area contributed by atoms with Crippen LogP contribution in [0.5, 0.6) is 5.88 Å². The van der Waals surface area contributed by atoms with Crippen molar-refractivity contribution in [3.8, 4) is 17.1 Å². The van der Waals surface area contributed by atoms with E-state index >= 15 is 0 Å². The van der Waals surface area contributed by atoms with Crippen molar-refractivity contribution < 1.29 is 14.3 Å². The van der Waals surface area contributed by atoms with Gasteiger partial charge in [0.05, 0.1) is 23.2 Å². The van der Waals surface area contributed by atoms with Gasteiger partial charge in [0, 0.05) is 38.1 Å². The van der Waals surface area contributed by atoms with E-state index in [0.29, 0.717) is 22.2 Å². The van der Waals surface area contributed by atoms with Crippen LogP contribution >= 0.6 is 11.3 Å². The largest absolute Gasteiger partial charge is 0.479 e. The molecule has 0 unspecified atom stereocenters. The molecule has 3 aromatic heterocycles. The zero-order chi connectivity index (χ0) is 21.4. The molecule has 9 nitrogen and oxygen atoms in total. The van der Waals surface area contributed by atoms with E-state index in [1.807, 2.05) is 24.0 Å². The third kappa shape index (κ3) is 3.81. The molecule has 2 aliphatic heterocycles. The molecule has 2 fully saturated rings. The third-order valence-corrected chi connectivity index (χ3v) is 7.15. The second kappa shape index (κ2) is 8.01. The average Bonchev–Trinajstić information content (AvgIpc) is 3.39. The Bertz CT molecular complexity index is 1110. The normalized spacial score (nSPS) is 17.9. The van der Waals surface area contributed by atoms with E-state index in [1.54, 1.807) is 13.3 Å². The number of fused-ring (bicyclic) bond motifs is 1. The first-order valence-corrected chi connectivity index (χ1v) is 11.2. The van der Waals surface area contributed by atoms with Crippen LogP contribution < -0.4 is 10.1 Å². The van der Waals surface area contributed by atoms with E-state index in [9.17, 15) is 4.79 Å². The maximum Gasteiger partial charge on any atom is 0.323 e. The van der Waals surface area contributed by atoms with Gasteiger partial charge in [-0.3, -0.25) is 5.32 Å². The molecule has 1 N–H and O–H groups in total. The fourth-order valence-electron chi connectivity index (χ4n) is 4.31. The number of hydrogen-bond donors (Lipinski definition) is 1. The van der Waals surface area contributed by atoms with Crippen LogP contribution in [0.2, 0.25) is 0 Å². The lowest BCUT2D eigenvalue weighted by atomic mass is 9.80. The number of carbonyl (C=O) groups excluding carboxylic acids is 1. The third-order valence-electron chi connectivity index (χ3n) is 6.15. The first kappa shape index (κ1) is 20.1. The molecule has 31 heavy (non-hydrogen) atoms. The van der Waals surface area contributed by atoms with Gasteiger partial charge in [0.15, 0.2) is 5.13 Å². The Morgan fingerprint density at radius 1 is 1.26 bits per heavy atom. The van der Waals surface area contributed by atoms with Gasteiger partial charge in [-0.2, -0.15) is 10.2 Å². The first-order valence-electron chi connectivity index (χ1n) is 10.3. The minimum atomic E-state index is -0.119. The van der Waals surface area contributed by atoms with E-state index in [-0.39, 0.29) is 11.4 Å². The summed E-state index contributed by atoms with van der Waals surface area (Å²) in [6, 6.07) is 3.69. The number of aryl methyl sites for hydroxylation is 1. The molecule has 2 amide bonds. The predicted octanol–water partition coefficient (Wildman–Crippen LogP) is 3.50. The van der Waals surface area contributed by atoms with Crippen molar-refractivity contribution >= 4 is 32.7 Å². The molecule has 5 rings (SSSR count). The lowest BCUT2D eigenvalue weighted by molar-refractivity contribution is 0.0211. The summed E-state index contributed by atoms with van der Waals surface area (Å²) in [6.07, 6.45) is 4.76. The summed E-state index contributed by atoms with van der Waals surface area (Å²) >= 11 is 1.39. The van der Waals surface area contributed by atoms with Crippen LogP contribution in [-0.2, 0) is 4.74 Å². The van der Waals surface area contributed by atoms with Crippen LogP contribution in [0.4, 0.5) is 9.93 Å². The molecule has 0 saturated carbocycles. The van der Waals surface area contributed by atoms with Crippen LogP contribution in [0.15, 0.2) is 18.3 Å². The van der Waals surface area contributed by atoms with Crippen molar-refractivity contribution in [3.63, 3.8) is 0 Å². The molecule has 2 aliphatic rings. The van der Waals surface area contributed by atoms with Crippen LogP contribution in [0.3, 0.4) is 0 Å². The number of pyridine rings is 1. The second-order valence-corrected chi connectivity index (χ2v) is 9.15. The molecule has 3 aromatic rings. The fraction of sp³-hybridized carbons (Fsp3) is 0.476. The number of anilines is 1. The highest BCUT2D eigenvalue weighted by atomic mass is 32.1. The van der Waals surface area contributed by atoms with Crippen molar-refractivity contribution in [2.45, 2.75) is 26.2 Å². The van der Waals surface area contributed by atoms with Gasteiger partial charge in [-0.25, -0.2) is 14.8 Å². The minimum absolute atomic E-state index is 0.119. The Morgan fingerprint density at radius 3 is 2.84 bits per heavy atom. The van der Waals surface area contributed by atoms with Crippen molar-refractivity contribution in [2.24, 2.45) is 5.41 Å². The Labute approximate surface area is 183 Å². The van der Waals surface area contributed by atoms with E-state index in [4.69, 9.17) is 9.47 Å². The number of methoxy groups -OCH3 is 1. The molecule has 0 aromatic carbocycles. The van der Waals surface area contributed by atoms with Gasteiger partial charge in [0.1, 0.15) is 5.52 Å². The number of likely N-dealkylation sites (tertiary alicyclic amines) is 1. The monoisotopic (exact) mass is 440 g/mol. The number of amides is 2. The molecular formula is C21H24N6O3S. The van der Waals surface area contributed by atoms with Crippen LogP contribution in [0.1, 0.15) is 25.0 Å². The van der Waals surface area contributed by atoms with E-state index < -0.39 is 0 Å². The van der Waals surface area contributed by atoms with Crippen molar-refractivity contribution in [1.29, 1.82) is 0 Å². The van der Waals surface area contributed by atoms with Crippen LogP contribution in [0.25, 0.3) is 21.5 Å². The van der Waals surface area contributed by atoms with E-state index in [2.05, 4.69) is 25.5 Å². The molecule has 0 aliphatic carbocycles. The molecule has 10 heteroatoms. The van der Waals surface area contributed by atoms with Crippen LogP contribution in [-0.4, -0.2) is 64.5 Å². The fourth-order valence-corrected chi connectivity index (χ4v) is 5.28. The number of nitrogens with zero attached hydrogens (tertiary/aromatic N) is 5. The zero-order valence-corrected chi connectivity index (χ0v) is 18.4. The number of ether oxygens (including phenoxy) is 2. The maximum absolute atomic E-state index is 12.9. The van der Waals surface area contributed by atoms with E-state index in [0.717, 1.165) is 61.5 Å². The number of carbonyl (C=O) groups is 1. The Kier molecular flexibility index (Phi) is 5.19. The summed E-state index contributed by atoms with van der Waals surface area (Å²) in [5.41, 5.74) is 3.15. The molecular weight excluding hydrogens is 416 g/mol. The van der Waals surface area contributed by atoms with Gasteiger partial charge in [0.25, 0.3) is 0 Å². The Balaban J connectivity index is 1.41. The minimum Gasteiger partial charge on any atom is -0.479 e. The molecule has 162 valence electrons. The molecule has 0 atom stereocenters. The molecule has 0 radical (unpaired) electrons. The number of thiazole rings is 1. The van der Waals surface area contributed by atoms with E-state index in [1.165, 1.54) is 11.3 Å². The summed E-state index contributed by atoms with van der Waals surface area (Å²) < 4.78 is 11.7. The van der Waals surface area contributed by atoms with Crippen LogP contribution in [0, 0.1) is 12.3 Å². The quantitative estimate of drug-likeness (QED) is 0.665. The first-order chi connectivity index (χ1) is 15.1. The highest BCUT2D eigenvalue weighted by molar-refractivity contribution is 7.23. The average molecular weight is 441 g/mol. The number of rotatable bonds is 3. The SMILES string of the molecule is COc1ncc(-c2ccc(C)nn2)c2sc(NC(=O)N3CCC4(CCOCC4)C3)nc12. The number of aromatic nitrogens is 4. The smallest absolute Gasteiger partial charge is 0.323 e. The van der Waals surface area contributed by atoms with Gasteiger partial charge in [-0.15, -0.1) is 0 Å². The number of nitrogens with one attached hydrogen (secondary N) is 1. The zero-order valence-electron chi connectivity index (χ0n) is 17.6. The molecule has 5 heterocycles. The number of hydrogen-bond acceptors (Lipinski definition) is 8. The van der Waals surface area contributed by atoms with Gasteiger partial charge >= 0.3 is 6.03 Å². The standard InChI is InChI=1S/C21H24N6O3S/c1-13-3-4-15(26-25-13)14-11-22-18(29-2)16-17(14)31-19(23-16)24-20(28)27-8-5-21(12-27)6-9-30-10-7-21/h3-4,11H,5-10,12H2,1-2H3,(H,23,24,28). The molecule has 0 bridgehead atoms. The highest BCUT2D eigenvalue weighted by Crippen LogP contribution is 2.41. The van der Waals surface area contributed by atoms with Crippen molar-refractivity contribution in [1.82, 2.24) is 25.1 Å². The summed E-state index contributed by atoms with van der Waals surface area (Å²) in [5.74, 6) is 0.415.